The topological polar surface area (TPSA) is 20.3 Å². The Kier molecular flexibility index (Phi) is 4.32. The quantitative estimate of drug-likeness (QED) is 0.810. The van der Waals surface area contributed by atoms with Crippen LogP contribution in [0.5, 0.6) is 0 Å². The average molecular weight is 243 g/mol. The van der Waals surface area contributed by atoms with Gasteiger partial charge in [-0.15, -0.1) is 0 Å². The predicted molar refractivity (Wildman–Crippen MR) is 74.2 cm³/mol. The zero-order chi connectivity index (χ0) is 13.0. The standard InChI is InChI=1S/C16H21NO/c1-3-13(2)16-15(18)10-7-11-17(16)12-14-8-5-4-6-9-14/h4-10,13,16H,3,11-12H2,1-2H3/t13?,16-/m0/s1. The molecule has 1 aromatic carbocycles. The highest BCUT2D eigenvalue weighted by atomic mass is 16.1. The van der Waals surface area contributed by atoms with Crippen molar-refractivity contribution in [3.05, 3.63) is 48.0 Å². The van der Waals surface area contributed by atoms with Crippen molar-refractivity contribution in [2.45, 2.75) is 32.9 Å². The van der Waals surface area contributed by atoms with Gasteiger partial charge in [0.1, 0.15) is 0 Å². The normalized spacial score (nSPS) is 22.1. The SMILES string of the molecule is CCC(C)[C@H]1C(=O)C=CCN1Cc1ccccc1. The van der Waals surface area contributed by atoms with E-state index in [1.807, 2.05) is 12.1 Å². The van der Waals surface area contributed by atoms with E-state index < -0.39 is 0 Å². The van der Waals surface area contributed by atoms with E-state index in [0.717, 1.165) is 19.5 Å². The first-order valence-corrected chi connectivity index (χ1v) is 6.70. The average Bonchev–Trinajstić information content (AvgIpc) is 2.39. The van der Waals surface area contributed by atoms with Crippen LogP contribution >= 0.6 is 0 Å². The molecule has 2 heteroatoms. The highest BCUT2D eigenvalue weighted by Gasteiger charge is 2.30. The summed E-state index contributed by atoms with van der Waals surface area (Å²) in [6.07, 6.45) is 4.76. The second kappa shape index (κ2) is 5.96. The molecule has 1 aromatic rings. The number of benzene rings is 1. The van der Waals surface area contributed by atoms with Crippen molar-refractivity contribution < 1.29 is 4.79 Å². The highest BCUT2D eigenvalue weighted by Crippen LogP contribution is 2.21. The van der Waals surface area contributed by atoms with E-state index in [1.165, 1.54) is 5.56 Å². The van der Waals surface area contributed by atoms with Gasteiger partial charge in [-0.2, -0.15) is 0 Å². The molecule has 96 valence electrons. The van der Waals surface area contributed by atoms with E-state index in [0.29, 0.717) is 5.92 Å². The predicted octanol–water partition coefficient (Wildman–Crippen LogP) is 3.04. The van der Waals surface area contributed by atoms with Gasteiger partial charge in [0.15, 0.2) is 5.78 Å². The van der Waals surface area contributed by atoms with Gasteiger partial charge in [-0.1, -0.05) is 56.7 Å². The monoisotopic (exact) mass is 243 g/mol. The number of nitrogens with zero attached hydrogens (tertiary/aromatic N) is 1. The number of carbonyl (C=O) groups is 1. The molecule has 1 heterocycles. The molecule has 0 saturated heterocycles. The fraction of sp³-hybridized carbons (Fsp3) is 0.438. The molecule has 0 radical (unpaired) electrons. The van der Waals surface area contributed by atoms with Crippen LogP contribution in [0.1, 0.15) is 25.8 Å². The van der Waals surface area contributed by atoms with Gasteiger partial charge < -0.3 is 0 Å². The molecule has 1 unspecified atom stereocenters. The first kappa shape index (κ1) is 13.0. The molecule has 0 amide bonds. The van der Waals surface area contributed by atoms with Crippen LogP contribution in [0, 0.1) is 5.92 Å². The van der Waals surface area contributed by atoms with Crippen LogP contribution in [-0.4, -0.2) is 23.3 Å². The Bertz CT molecular complexity index is 424. The van der Waals surface area contributed by atoms with E-state index in [2.05, 4.69) is 43.0 Å². The summed E-state index contributed by atoms with van der Waals surface area (Å²) in [5, 5.41) is 0. The molecule has 0 aromatic heterocycles. The van der Waals surface area contributed by atoms with Crippen LogP contribution in [0.3, 0.4) is 0 Å². The van der Waals surface area contributed by atoms with Crippen molar-refractivity contribution in [2.24, 2.45) is 5.92 Å². The fourth-order valence-electron chi connectivity index (χ4n) is 2.54. The summed E-state index contributed by atoms with van der Waals surface area (Å²) in [5.74, 6) is 0.665. The molecule has 1 aliphatic rings. The lowest BCUT2D eigenvalue weighted by atomic mass is 9.91. The summed E-state index contributed by atoms with van der Waals surface area (Å²) in [6, 6.07) is 10.4. The van der Waals surface area contributed by atoms with E-state index in [-0.39, 0.29) is 11.8 Å². The van der Waals surface area contributed by atoms with E-state index >= 15 is 0 Å². The summed E-state index contributed by atoms with van der Waals surface area (Å²) < 4.78 is 0. The summed E-state index contributed by atoms with van der Waals surface area (Å²) in [5.41, 5.74) is 1.27. The van der Waals surface area contributed by atoms with Gasteiger partial charge in [-0.25, -0.2) is 0 Å². The molecular weight excluding hydrogens is 222 g/mol. The van der Waals surface area contributed by atoms with Gasteiger partial charge in [-0.05, 0) is 17.6 Å². The Labute approximate surface area is 109 Å². The molecule has 0 fully saturated rings. The second-order valence-electron chi connectivity index (χ2n) is 5.05. The fourth-order valence-corrected chi connectivity index (χ4v) is 2.54. The lowest BCUT2D eigenvalue weighted by Crippen LogP contribution is -2.46. The Balaban J connectivity index is 2.14. The lowest BCUT2D eigenvalue weighted by molar-refractivity contribution is -0.122. The van der Waals surface area contributed by atoms with Crippen LogP contribution in [0.15, 0.2) is 42.5 Å². The van der Waals surface area contributed by atoms with Crippen LogP contribution in [0.2, 0.25) is 0 Å². The highest BCUT2D eigenvalue weighted by molar-refractivity contribution is 5.95. The van der Waals surface area contributed by atoms with E-state index in [9.17, 15) is 4.79 Å². The number of hydrogen-bond donors (Lipinski definition) is 0. The maximum Gasteiger partial charge on any atom is 0.172 e. The van der Waals surface area contributed by atoms with Gasteiger partial charge >= 0.3 is 0 Å². The Morgan fingerprint density at radius 2 is 2.06 bits per heavy atom. The van der Waals surface area contributed by atoms with Crippen LogP contribution in [0.4, 0.5) is 0 Å². The first-order valence-electron chi connectivity index (χ1n) is 6.70. The summed E-state index contributed by atoms with van der Waals surface area (Å²) in [7, 11) is 0. The zero-order valence-corrected chi connectivity index (χ0v) is 11.2. The van der Waals surface area contributed by atoms with Crippen LogP contribution < -0.4 is 0 Å². The molecule has 0 bridgehead atoms. The smallest absolute Gasteiger partial charge is 0.172 e. The largest absolute Gasteiger partial charge is 0.293 e. The third kappa shape index (κ3) is 2.88. The van der Waals surface area contributed by atoms with Gasteiger partial charge in [0, 0.05) is 13.1 Å². The minimum atomic E-state index is 0.0419. The number of carbonyl (C=O) groups excluding carboxylic acids is 1. The minimum absolute atomic E-state index is 0.0419. The van der Waals surface area contributed by atoms with Gasteiger partial charge in [0.05, 0.1) is 6.04 Å². The van der Waals surface area contributed by atoms with Crippen LogP contribution in [-0.2, 0) is 11.3 Å². The molecule has 1 aliphatic heterocycles. The number of rotatable bonds is 4. The summed E-state index contributed by atoms with van der Waals surface area (Å²) in [6.45, 7) is 6.04. The van der Waals surface area contributed by atoms with Crippen molar-refractivity contribution in [3.8, 4) is 0 Å². The summed E-state index contributed by atoms with van der Waals surface area (Å²) >= 11 is 0. The van der Waals surface area contributed by atoms with E-state index in [1.54, 1.807) is 6.08 Å². The molecular formula is C16H21NO. The summed E-state index contributed by atoms with van der Waals surface area (Å²) in [4.78, 5) is 14.4. The molecule has 0 saturated carbocycles. The van der Waals surface area contributed by atoms with Crippen molar-refractivity contribution in [1.82, 2.24) is 4.90 Å². The molecule has 0 spiro atoms. The van der Waals surface area contributed by atoms with E-state index in [4.69, 9.17) is 0 Å². The van der Waals surface area contributed by atoms with Crippen molar-refractivity contribution in [3.63, 3.8) is 0 Å². The Morgan fingerprint density at radius 1 is 1.33 bits per heavy atom. The molecule has 18 heavy (non-hydrogen) atoms. The molecule has 2 rings (SSSR count). The first-order chi connectivity index (χ1) is 8.72. The van der Waals surface area contributed by atoms with Gasteiger partial charge in [0.2, 0.25) is 0 Å². The zero-order valence-electron chi connectivity index (χ0n) is 11.2. The molecule has 2 nitrogen and oxygen atoms in total. The Hall–Kier alpha value is -1.41. The third-order valence-electron chi connectivity index (χ3n) is 3.72. The number of hydrogen-bond acceptors (Lipinski definition) is 2. The lowest BCUT2D eigenvalue weighted by Gasteiger charge is -2.35. The number of ketones is 1. The Morgan fingerprint density at radius 3 is 2.72 bits per heavy atom. The van der Waals surface area contributed by atoms with Crippen LogP contribution in [0.25, 0.3) is 0 Å². The maximum absolute atomic E-state index is 12.1. The maximum atomic E-state index is 12.1. The van der Waals surface area contributed by atoms with Gasteiger partial charge in [0.25, 0.3) is 0 Å². The molecule has 0 aliphatic carbocycles. The minimum Gasteiger partial charge on any atom is -0.293 e. The van der Waals surface area contributed by atoms with Crippen molar-refractivity contribution in [2.75, 3.05) is 6.54 Å². The van der Waals surface area contributed by atoms with Crippen molar-refractivity contribution in [1.29, 1.82) is 0 Å². The van der Waals surface area contributed by atoms with Gasteiger partial charge in [-0.3, -0.25) is 9.69 Å². The second-order valence-corrected chi connectivity index (χ2v) is 5.05. The third-order valence-corrected chi connectivity index (χ3v) is 3.72. The van der Waals surface area contributed by atoms with Crippen molar-refractivity contribution >= 4 is 5.78 Å². The molecule has 0 N–H and O–H groups in total. The molecule has 2 atom stereocenters.